The van der Waals surface area contributed by atoms with Crippen molar-refractivity contribution in [2.45, 2.75) is 84.5 Å². The van der Waals surface area contributed by atoms with Crippen LogP contribution in [0.3, 0.4) is 0 Å². The normalized spacial score (nSPS) is 26.9. The van der Waals surface area contributed by atoms with E-state index in [2.05, 4.69) is 54.6 Å². The van der Waals surface area contributed by atoms with E-state index in [4.69, 9.17) is 4.74 Å². The summed E-state index contributed by atoms with van der Waals surface area (Å²) in [5.74, 6) is 2.90. The molecule has 0 bridgehead atoms. The Morgan fingerprint density at radius 1 is 1.24 bits per heavy atom. The highest BCUT2D eigenvalue weighted by Crippen LogP contribution is 2.62. The lowest BCUT2D eigenvalue weighted by Crippen LogP contribution is -2.44. The third kappa shape index (κ3) is 5.04. The number of amides is 1. The van der Waals surface area contributed by atoms with Crippen molar-refractivity contribution in [2.75, 3.05) is 13.2 Å². The van der Waals surface area contributed by atoms with Crippen molar-refractivity contribution < 1.29 is 19.4 Å². The Balaban J connectivity index is 1.07. The average Bonchev–Trinajstić information content (AvgIpc) is 3.48. The van der Waals surface area contributed by atoms with Crippen LogP contribution in [0.4, 0.5) is 0 Å². The maximum atomic E-state index is 13.4. The molecule has 1 heterocycles. The quantitative estimate of drug-likeness (QED) is 0.272. The van der Waals surface area contributed by atoms with Gasteiger partial charge in [0.2, 0.25) is 5.91 Å². The average molecular weight is 557 g/mol. The van der Waals surface area contributed by atoms with E-state index in [0.717, 1.165) is 44.9 Å². The van der Waals surface area contributed by atoms with E-state index in [1.807, 2.05) is 13.0 Å². The van der Waals surface area contributed by atoms with Gasteiger partial charge in [-0.1, -0.05) is 25.1 Å². The van der Waals surface area contributed by atoms with Crippen LogP contribution in [0.15, 0.2) is 36.5 Å². The molecule has 5 atom stereocenters. The molecule has 2 aromatic carbocycles. The van der Waals surface area contributed by atoms with Gasteiger partial charge in [-0.05, 0) is 117 Å². The molecule has 3 aromatic rings. The number of para-hydroxylation sites is 1. The zero-order valence-electron chi connectivity index (χ0n) is 24.7. The van der Waals surface area contributed by atoms with Crippen LogP contribution in [0, 0.1) is 30.1 Å². The number of phenolic OH excluding ortho intramolecular Hbond substituents is 1. The highest BCUT2D eigenvalue weighted by atomic mass is 16.5. The van der Waals surface area contributed by atoms with Gasteiger partial charge >= 0.3 is 0 Å². The Labute approximate surface area is 243 Å². The number of carbonyl (C=O) groups is 2. The lowest BCUT2D eigenvalue weighted by atomic mass is 9.54. The van der Waals surface area contributed by atoms with Gasteiger partial charge in [-0.3, -0.25) is 9.59 Å². The molecule has 3 aliphatic carbocycles. The Kier molecular flexibility index (Phi) is 7.60. The monoisotopic (exact) mass is 556 g/mol. The van der Waals surface area contributed by atoms with Crippen LogP contribution >= 0.6 is 0 Å². The summed E-state index contributed by atoms with van der Waals surface area (Å²) < 4.78 is 5.73. The molecule has 41 heavy (non-hydrogen) atoms. The molecule has 3 N–H and O–H groups in total. The second-order valence-electron chi connectivity index (χ2n) is 12.9. The van der Waals surface area contributed by atoms with Crippen LogP contribution in [-0.2, 0) is 22.4 Å². The third-order valence-electron chi connectivity index (χ3n) is 10.7. The number of benzene rings is 2. The fraction of sp³-hybridized carbons (Fsp3) is 0.543. The van der Waals surface area contributed by atoms with Crippen molar-refractivity contribution in [2.24, 2.45) is 23.2 Å². The minimum atomic E-state index is -0.247. The largest absolute Gasteiger partial charge is 0.504 e. The molecule has 0 radical (unpaired) electrons. The first-order chi connectivity index (χ1) is 19.8. The van der Waals surface area contributed by atoms with E-state index in [0.29, 0.717) is 61.2 Å². The molecule has 0 spiro atoms. The van der Waals surface area contributed by atoms with Gasteiger partial charge in [0.05, 0.1) is 6.61 Å². The number of fused-ring (bicyclic) bond motifs is 6. The fourth-order valence-electron chi connectivity index (χ4n) is 8.70. The van der Waals surface area contributed by atoms with Crippen molar-refractivity contribution in [1.29, 1.82) is 0 Å². The number of aryl methyl sites for hydroxylation is 2. The number of carbonyl (C=O) groups excluding carboxylic acids is 2. The molecule has 1 aromatic heterocycles. The predicted octanol–water partition coefficient (Wildman–Crippen LogP) is 6.76. The smallest absolute Gasteiger partial charge is 0.220 e. The second-order valence-corrected chi connectivity index (χ2v) is 12.9. The van der Waals surface area contributed by atoms with Gasteiger partial charge < -0.3 is 20.1 Å². The number of H-pyrrole nitrogens is 1. The number of nitrogens with one attached hydrogen (secondary N) is 2. The molecular formula is C35H44N2O4. The van der Waals surface area contributed by atoms with Crippen molar-refractivity contribution >= 4 is 22.6 Å². The summed E-state index contributed by atoms with van der Waals surface area (Å²) in [4.78, 5) is 29.5. The second kappa shape index (κ2) is 11.2. The van der Waals surface area contributed by atoms with Crippen molar-refractivity contribution in [3.63, 3.8) is 0 Å². The number of ketones is 1. The zero-order valence-corrected chi connectivity index (χ0v) is 24.7. The van der Waals surface area contributed by atoms with Gasteiger partial charge in [-0.15, -0.1) is 0 Å². The zero-order chi connectivity index (χ0) is 28.7. The molecule has 6 heteroatoms. The minimum Gasteiger partial charge on any atom is -0.504 e. The molecule has 2 saturated carbocycles. The molecule has 1 amide bonds. The van der Waals surface area contributed by atoms with Crippen LogP contribution in [0.5, 0.6) is 11.5 Å². The highest BCUT2D eigenvalue weighted by molar-refractivity contribution is 5.88. The Bertz CT molecular complexity index is 1460. The van der Waals surface area contributed by atoms with Crippen LogP contribution in [0.2, 0.25) is 0 Å². The summed E-state index contributed by atoms with van der Waals surface area (Å²) in [6, 6.07) is 10.3. The molecule has 2 fully saturated rings. The lowest BCUT2D eigenvalue weighted by molar-refractivity contribution is -0.129. The number of aromatic hydroxyl groups is 1. The molecular weight excluding hydrogens is 512 g/mol. The van der Waals surface area contributed by atoms with Crippen molar-refractivity contribution in [1.82, 2.24) is 10.3 Å². The van der Waals surface area contributed by atoms with Crippen LogP contribution in [-0.4, -0.2) is 34.9 Å². The predicted molar refractivity (Wildman–Crippen MR) is 161 cm³/mol. The number of hydrogen-bond donors (Lipinski definition) is 3. The van der Waals surface area contributed by atoms with E-state index in [9.17, 15) is 14.7 Å². The number of aromatic amines is 1. The summed E-state index contributed by atoms with van der Waals surface area (Å²) in [7, 11) is 0. The summed E-state index contributed by atoms with van der Waals surface area (Å²) >= 11 is 0. The maximum Gasteiger partial charge on any atom is 0.220 e. The molecule has 3 aliphatic rings. The van der Waals surface area contributed by atoms with Crippen molar-refractivity contribution in [3.8, 4) is 11.5 Å². The first kappa shape index (κ1) is 27.9. The molecule has 6 rings (SSSR count). The molecule has 0 aliphatic heterocycles. The third-order valence-corrected chi connectivity index (χ3v) is 10.7. The van der Waals surface area contributed by atoms with E-state index >= 15 is 0 Å². The minimum absolute atomic E-state index is 0.101. The standard InChI is InChI=1S/C35H44N2O4/c1-4-41-30-19-28-22(17-29(30)38)11-12-27-26(28)13-15-35(3)31(39)18-23(33(27)35)8-6-10-32(40)36-16-14-24-20-37-34-21(2)7-5-9-25(24)34/h5,7,9,17,19-20,23,26-27,33,37-38H,4,6,8,10-16,18H2,1-3H3,(H,36,40)/t23-,26-,27+,33-,35+/m0/s1. The number of aromatic nitrogens is 1. The highest BCUT2D eigenvalue weighted by Gasteiger charge is 2.58. The number of hydrogen-bond acceptors (Lipinski definition) is 4. The maximum absolute atomic E-state index is 13.4. The fourth-order valence-corrected chi connectivity index (χ4v) is 8.70. The molecule has 0 unspecified atom stereocenters. The number of phenols is 1. The molecule has 6 nitrogen and oxygen atoms in total. The Morgan fingerprint density at radius 3 is 2.93 bits per heavy atom. The summed E-state index contributed by atoms with van der Waals surface area (Å²) in [5, 5.41) is 14.8. The van der Waals surface area contributed by atoms with Crippen LogP contribution in [0.25, 0.3) is 10.9 Å². The summed E-state index contributed by atoms with van der Waals surface area (Å²) in [5.41, 5.74) is 5.94. The number of Topliss-reactive ketones (excluding diaryl/α,β-unsaturated/α-hetero) is 1. The SMILES string of the molecule is CCOc1cc2c(cc1O)CC[C@H]1[C@@H]3[C@@H](CCCC(=O)NCCc4c[nH]c5c(C)cccc45)CC(=O)[C@@]3(C)CC[C@H]21. The van der Waals surface area contributed by atoms with Gasteiger partial charge in [0.25, 0.3) is 0 Å². The Hall–Kier alpha value is -3.28. The van der Waals surface area contributed by atoms with Crippen molar-refractivity contribution in [3.05, 3.63) is 58.8 Å². The van der Waals surface area contributed by atoms with Gasteiger partial charge in [-0.2, -0.15) is 0 Å². The number of rotatable bonds is 9. The van der Waals surface area contributed by atoms with E-state index in [1.54, 1.807) is 0 Å². The molecule has 0 saturated heterocycles. The molecule has 218 valence electrons. The Morgan fingerprint density at radius 2 is 2.10 bits per heavy atom. The van der Waals surface area contributed by atoms with Gasteiger partial charge in [-0.25, -0.2) is 0 Å². The van der Waals surface area contributed by atoms with Gasteiger partial charge in [0, 0.05) is 41.9 Å². The van der Waals surface area contributed by atoms with Crippen LogP contribution < -0.4 is 10.1 Å². The van der Waals surface area contributed by atoms with E-state index < -0.39 is 0 Å². The van der Waals surface area contributed by atoms with E-state index in [1.165, 1.54) is 33.2 Å². The first-order valence-electron chi connectivity index (χ1n) is 15.6. The summed E-state index contributed by atoms with van der Waals surface area (Å²) in [6.07, 6.45) is 9.69. The first-order valence-corrected chi connectivity index (χ1v) is 15.6. The van der Waals surface area contributed by atoms with E-state index in [-0.39, 0.29) is 17.1 Å². The van der Waals surface area contributed by atoms with Gasteiger partial charge in [0.1, 0.15) is 5.78 Å². The van der Waals surface area contributed by atoms with Crippen LogP contribution in [0.1, 0.15) is 87.0 Å². The topological polar surface area (TPSA) is 91.4 Å². The van der Waals surface area contributed by atoms with Gasteiger partial charge in [0.15, 0.2) is 11.5 Å². The lowest BCUT2D eigenvalue weighted by Gasteiger charge is -2.50. The number of ether oxygens (including phenoxy) is 1. The summed E-state index contributed by atoms with van der Waals surface area (Å²) in [6.45, 7) is 7.41.